The van der Waals surface area contributed by atoms with Gasteiger partial charge in [-0.15, -0.1) is 0 Å². The first-order valence-corrected chi connectivity index (χ1v) is 6.07. The number of amides is 1. The Hall–Kier alpha value is -2.02. The average molecular weight is 285 g/mol. The van der Waals surface area contributed by atoms with Gasteiger partial charge in [0.05, 0.1) is 0 Å². The number of aliphatic carboxylic acids is 1. The average Bonchev–Trinajstić information content (AvgIpc) is 2.87. The van der Waals surface area contributed by atoms with Crippen molar-refractivity contribution in [2.45, 2.75) is 31.6 Å². The Morgan fingerprint density at radius 1 is 1.30 bits per heavy atom. The first kappa shape index (κ1) is 14.4. The Labute approximate surface area is 113 Å². The van der Waals surface area contributed by atoms with Crippen LogP contribution in [0, 0.1) is 11.6 Å². The number of carboxylic acid groups (broad SMARTS) is 1. The van der Waals surface area contributed by atoms with Crippen LogP contribution in [0.5, 0.6) is 0 Å². The molecule has 1 aliphatic rings. The molecule has 1 saturated heterocycles. The van der Waals surface area contributed by atoms with E-state index in [9.17, 15) is 18.4 Å². The smallest absolute Gasteiger partial charge is 0.332 e. The summed E-state index contributed by atoms with van der Waals surface area (Å²) in [5.74, 6) is -3.05. The molecule has 2 N–H and O–H groups in total. The molecule has 1 aromatic carbocycles. The molecule has 0 aliphatic carbocycles. The zero-order valence-corrected chi connectivity index (χ0v) is 10.4. The minimum absolute atomic E-state index is 0.109. The molecule has 1 heterocycles. The molecule has 2 rings (SSSR count). The molecule has 0 spiro atoms. The summed E-state index contributed by atoms with van der Waals surface area (Å²) in [6, 6.07) is 3.06. The van der Waals surface area contributed by atoms with Crippen molar-refractivity contribution in [2.75, 3.05) is 0 Å². The third-order valence-electron chi connectivity index (χ3n) is 3.06. The number of hydrogen-bond acceptors (Lipinski definition) is 3. The normalized spacial score (nSPS) is 21.7. The van der Waals surface area contributed by atoms with Crippen LogP contribution < -0.4 is 5.32 Å². The van der Waals surface area contributed by atoms with Crippen LogP contribution in [0.15, 0.2) is 18.2 Å². The molecule has 0 aromatic heterocycles. The van der Waals surface area contributed by atoms with Crippen LogP contribution in [0.2, 0.25) is 0 Å². The van der Waals surface area contributed by atoms with E-state index < -0.39 is 35.7 Å². The van der Waals surface area contributed by atoms with Gasteiger partial charge < -0.3 is 15.2 Å². The standard InChI is InChI=1S/C13H13F2NO4/c14-8-2-1-7(9(15)5-8)6-16-12(17)10-3-4-11(20-10)13(18)19/h1-2,5,10-11H,3-4,6H2,(H,16,17)(H,18,19)/t10-,11+/m0/s1. The summed E-state index contributed by atoms with van der Waals surface area (Å²) in [6.07, 6.45) is -1.26. The van der Waals surface area contributed by atoms with E-state index in [0.717, 1.165) is 12.1 Å². The number of ether oxygens (including phenoxy) is 1. The molecule has 2 atom stereocenters. The van der Waals surface area contributed by atoms with Gasteiger partial charge in [-0.1, -0.05) is 6.07 Å². The van der Waals surface area contributed by atoms with E-state index in [1.165, 1.54) is 6.07 Å². The molecule has 20 heavy (non-hydrogen) atoms. The van der Waals surface area contributed by atoms with E-state index in [4.69, 9.17) is 9.84 Å². The molecule has 1 aliphatic heterocycles. The molecule has 0 radical (unpaired) electrons. The third kappa shape index (κ3) is 3.30. The van der Waals surface area contributed by atoms with E-state index in [2.05, 4.69) is 5.32 Å². The maximum absolute atomic E-state index is 13.3. The molecule has 1 fully saturated rings. The van der Waals surface area contributed by atoms with Gasteiger partial charge in [0, 0.05) is 18.2 Å². The van der Waals surface area contributed by atoms with Gasteiger partial charge in [0.25, 0.3) is 0 Å². The van der Waals surface area contributed by atoms with Gasteiger partial charge in [-0.05, 0) is 18.9 Å². The summed E-state index contributed by atoms with van der Waals surface area (Å²) in [6.45, 7) is -0.109. The third-order valence-corrected chi connectivity index (χ3v) is 3.06. The lowest BCUT2D eigenvalue weighted by molar-refractivity contribution is -0.151. The van der Waals surface area contributed by atoms with Crippen molar-refractivity contribution >= 4 is 11.9 Å². The summed E-state index contributed by atoms with van der Waals surface area (Å²) < 4.78 is 31.1. The van der Waals surface area contributed by atoms with Crippen molar-refractivity contribution in [1.82, 2.24) is 5.32 Å². The largest absolute Gasteiger partial charge is 0.479 e. The number of rotatable bonds is 4. The summed E-state index contributed by atoms with van der Waals surface area (Å²) in [5.41, 5.74) is 0.146. The zero-order valence-electron chi connectivity index (χ0n) is 10.4. The van der Waals surface area contributed by atoms with E-state index >= 15 is 0 Å². The van der Waals surface area contributed by atoms with Crippen LogP contribution in [0.25, 0.3) is 0 Å². The Morgan fingerprint density at radius 3 is 2.60 bits per heavy atom. The highest BCUT2D eigenvalue weighted by molar-refractivity contribution is 5.82. The monoisotopic (exact) mass is 285 g/mol. The maximum atomic E-state index is 13.3. The number of carbonyl (C=O) groups excluding carboxylic acids is 1. The first-order chi connectivity index (χ1) is 9.47. The zero-order chi connectivity index (χ0) is 14.7. The molecule has 0 bridgehead atoms. The van der Waals surface area contributed by atoms with E-state index in [0.29, 0.717) is 6.42 Å². The van der Waals surface area contributed by atoms with Crippen molar-refractivity contribution in [2.24, 2.45) is 0 Å². The number of carboxylic acids is 1. The first-order valence-electron chi connectivity index (χ1n) is 6.07. The minimum Gasteiger partial charge on any atom is -0.479 e. The SMILES string of the molecule is O=C(NCc1ccc(F)cc1F)[C@@H]1CC[C@H](C(=O)O)O1. The maximum Gasteiger partial charge on any atom is 0.332 e. The molecule has 0 unspecified atom stereocenters. The fourth-order valence-corrected chi connectivity index (χ4v) is 1.97. The Bertz CT molecular complexity index is 535. The van der Waals surface area contributed by atoms with Gasteiger partial charge in [-0.25, -0.2) is 13.6 Å². The lowest BCUT2D eigenvalue weighted by atomic mass is 10.1. The van der Waals surface area contributed by atoms with Crippen molar-refractivity contribution < 1.29 is 28.2 Å². The fraction of sp³-hybridized carbons (Fsp3) is 0.385. The topological polar surface area (TPSA) is 75.6 Å². The van der Waals surface area contributed by atoms with Gasteiger partial charge in [0.2, 0.25) is 5.91 Å². The highest BCUT2D eigenvalue weighted by atomic mass is 19.1. The lowest BCUT2D eigenvalue weighted by Crippen LogP contribution is -2.35. The van der Waals surface area contributed by atoms with Gasteiger partial charge in [-0.2, -0.15) is 0 Å². The summed E-state index contributed by atoms with van der Waals surface area (Å²) in [5, 5.41) is 11.2. The highest BCUT2D eigenvalue weighted by Gasteiger charge is 2.34. The lowest BCUT2D eigenvalue weighted by Gasteiger charge is -2.12. The van der Waals surface area contributed by atoms with Crippen LogP contribution in [0.4, 0.5) is 8.78 Å². The number of halogens is 2. The van der Waals surface area contributed by atoms with Gasteiger partial charge in [0.1, 0.15) is 17.7 Å². The number of hydrogen-bond donors (Lipinski definition) is 2. The summed E-state index contributed by atoms with van der Waals surface area (Å²) in [4.78, 5) is 22.4. The minimum atomic E-state index is -1.11. The number of nitrogens with one attached hydrogen (secondary N) is 1. The van der Waals surface area contributed by atoms with Crippen molar-refractivity contribution in [3.05, 3.63) is 35.4 Å². The Morgan fingerprint density at radius 2 is 2.00 bits per heavy atom. The fourth-order valence-electron chi connectivity index (χ4n) is 1.97. The molecule has 5 nitrogen and oxygen atoms in total. The second-order valence-corrected chi connectivity index (χ2v) is 4.48. The highest BCUT2D eigenvalue weighted by Crippen LogP contribution is 2.20. The number of benzene rings is 1. The van der Waals surface area contributed by atoms with Crippen LogP contribution in [0.3, 0.4) is 0 Å². The molecule has 0 saturated carbocycles. The molecule has 7 heteroatoms. The van der Waals surface area contributed by atoms with E-state index in [1.54, 1.807) is 0 Å². The Kier molecular flexibility index (Phi) is 4.29. The van der Waals surface area contributed by atoms with Crippen LogP contribution in [-0.4, -0.2) is 29.2 Å². The van der Waals surface area contributed by atoms with Crippen LogP contribution >= 0.6 is 0 Å². The van der Waals surface area contributed by atoms with Crippen LogP contribution in [0.1, 0.15) is 18.4 Å². The molecule has 108 valence electrons. The Balaban J connectivity index is 1.88. The summed E-state index contributed by atoms with van der Waals surface area (Å²) in [7, 11) is 0. The van der Waals surface area contributed by atoms with E-state index in [1.807, 2.05) is 0 Å². The van der Waals surface area contributed by atoms with Gasteiger partial charge >= 0.3 is 5.97 Å². The molecular weight excluding hydrogens is 272 g/mol. The van der Waals surface area contributed by atoms with E-state index in [-0.39, 0.29) is 18.5 Å². The quantitative estimate of drug-likeness (QED) is 0.872. The molecule has 1 aromatic rings. The van der Waals surface area contributed by atoms with Crippen LogP contribution in [-0.2, 0) is 20.9 Å². The van der Waals surface area contributed by atoms with Gasteiger partial charge in [-0.3, -0.25) is 4.79 Å². The van der Waals surface area contributed by atoms with Crippen molar-refractivity contribution in [3.63, 3.8) is 0 Å². The molecular formula is C13H13F2NO4. The van der Waals surface area contributed by atoms with Crippen molar-refractivity contribution in [3.8, 4) is 0 Å². The second-order valence-electron chi connectivity index (χ2n) is 4.48. The summed E-state index contributed by atoms with van der Waals surface area (Å²) >= 11 is 0. The predicted octanol–water partition coefficient (Wildman–Crippen LogP) is 1.21. The van der Waals surface area contributed by atoms with Gasteiger partial charge in [0.15, 0.2) is 6.10 Å². The predicted molar refractivity (Wildman–Crippen MR) is 63.7 cm³/mol. The molecule has 1 amide bonds. The second kappa shape index (κ2) is 5.96. The number of carbonyl (C=O) groups is 2. The van der Waals surface area contributed by atoms with Crippen molar-refractivity contribution in [1.29, 1.82) is 0 Å².